The van der Waals surface area contributed by atoms with Crippen LogP contribution in [0.15, 0.2) is 0 Å². The first-order chi connectivity index (χ1) is 6.22. The maximum absolute atomic E-state index is 10.5. The van der Waals surface area contributed by atoms with Crippen molar-refractivity contribution in [1.82, 2.24) is 0 Å². The molecule has 1 saturated heterocycles. The molecular formula is C9H16O4. The predicted molar refractivity (Wildman–Crippen MR) is 46.2 cm³/mol. The van der Waals surface area contributed by atoms with Crippen LogP contribution in [0, 0.1) is 0 Å². The maximum atomic E-state index is 10.5. The molecule has 0 saturated carbocycles. The molecule has 1 rings (SSSR count). The normalized spacial score (nSPS) is 28.5. The lowest BCUT2D eigenvalue weighted by Gasteiger charge is -2.28. The van der Waals surface area contributed by atoms with Gasteiger partial charge in [0.2, 0.25) is 0 Å². The Morgan fingerprint density at radius 3 is 2.92 bits per heavy atom. The third kappa shape index (κ3) is 3.74. The molecule has 2 atom stereocenters. The maximum Gasteiger partial charge on any atom is 0.302 e. The average Bonchev–Trinajstić information content (AvgIpc) is 2.15. The largest absolute Gasteiger partial charge is 0.463 e. The monoisotopic (exact) mass is 188 g/mol. The Morgan fingerprint density at radius 2 is 2.31 bits per heavy atom. The fraction of sp³-hybridized carbons (Fsp3) is 0.889. The van der Waals surface area contributed by atoms with Gasteiger partial charge in [-0.25, -0.2) is 0 Å². The molecule has 76 valence electrons. The molecule has 0 aliphatic carbocycles. The minimum absolute atomic E-state index is 0.00241. The molecule has 0 aromatic rings. The Hall–Kier alpha value is -0.610. The molecule has 0 spiro atoms. The smallest absolute Gasteiger partial charge is 0.302 e. The third-order valence-electron chi connectivity index (χ3n) is 2.05. The Bertz CT molecular complexity index is 169. The highest BCUT2D eigenvalue weighted by atomic mass is 16.7. The van der Waals surface area contributed by atoms with Crippen LogP contribution in [0.2, 0.25) is 0 Å². The SMILES string of the molecule is COC1CCC[C@@H](COC(C)=O)O1. The zero-order valence-corrected chi connectivity index (χ0v) is 8.12. The van der Waals surface area contributed by atoms with Gasteiger partial charge in [-0.2, -0.15) is 0 Å². The molecule has 4 nitrogen and oxygen atoms in total. The van der Waals surface area contributed by atoms with E-state index in [9.17, 15) is 4.79 Å². The van der Waals surface area contributed by atoms with Gasteiger partial charge >= 0.3 is 5.97 Å². The standard InChI is InChI=1S/C9H16O4/c1-7(10)12-6-8-4-3-5-9(11-2)13-8/h8-9H,3-6H2,1-2H3/t8-,9?/m0/s1. The Balaban J connectivity index is 2.21. The summed E-state index contributed by atoms with van der Waals surface area (Å²) in [5, 5.41) is 0. The second-order valence-corrected chi connectivity index (χ2v) is 3.16. The van der Waals surface area contributed by atoms with E-state index in [4.69, 9.17) is 14.2 Å². The van der Waals surface area contributed by atoms with Crippen molar-refractivity contribution >= 4 is 5.97 Å². The van der Waals surface area contributed by atoms with E-state index in [1.807, 2.05) is 0 Å². The molecule has 1 aliphatic rings. The van der Waals surface area contributed by atoms with Crippen LogP contribution in [0.1, 0.15) is 26.2 Å². The summed E-state index contributed by atoms with van der Waals surface area (Å²) in [6, 6.07) is 0. The van der Waals surface area contributed by atoms with Gasteiger partial charge in [0.1, 0.15) is 6.61 Å². The Morgan fingerprint density at radius 1 is 1.54 bits per heavy atom. The van der Waals surface area contributed by atoms with Crippen molar-refractivity contribution in [3.05, 3.63) is 0 Å². The van der Waals surface area contributed by atoms with Gasteiger partial charge in [-0.1, -0.05) is 0 Å². The van der Waals surface area contributed by atoms with E-state index in [-0.39, 0.29) is 18.4 Å². The van der Waals surface area contributed by atoms with E-state index in [0.29, 0.717) is 6.61 Å². The minimum atomic E-state index is -0.261. The van der Waals surface area contributed by atoms with E-state index in [1.54, 1.807) is 7.11 Å². The van der Waals surface area contributed by atoms with Gasteiger partial charge in [0.15, 0.2) is 6.29 Å². The number of rotatable bonds is 3. The number of hydrogen-bond donors (Lipinski definition) is 0. The third-order valence-corrected chi connectivity index (χ3v) is 2.05. The van der Waals surface area contributed by atoms with Crippen LogP contribution in [0.4, 0.5) is 0 Å². The fourth-order valence-electron chi connectivity index (χ4n) is 1.37. The molecule has 0 aromatic carbocycles. The first-order valence-corrected chi connectivity index (χ1v) is 4.54. The zero-order chi connectivity index (χ0) is 9.68. The van der Waals surface area contributed by atoms with Crippen molar-refractivity contribution < 1.29 is 19.0 Å². The topological polar surface area (TPSA) is 44.8 Å². The van der Waals surface area contributed by atoms with Gasteiger partial charge in [-0.15, -0.1) is 0 Å². The van der Waals surface area contributed by atoms with Crippen molar-refractivity contribution in [2.24, 2.45) is 0 Å². The van der Waals surface area contributed by atoms with Crippen molar-refractivity contribution in [2.75, 3.05) is 13.7 Å². The first kappa shape index (κ1) is 10.5. The van der Waals surface area contributed by atoms with E-state index in [0.717, 1.165) is 19.3 Å². The van der Waals surface area contributed by atoms with E-state index in [2.05, 4.69) is 0 Å². The van der Waals surface area contributed by atoms with Crippen molar-refractivity contribution in [3.8, 4) is 0 Å². The quantitative estimate of drug-likeness (QED) is 0.622. The molecule has 13 heavy (non-hydrogen) atoms. The number of hydrogen-bond acceptors (Lipinski definition) is 4. The predicted octanol–water partition coefficient (Wildman–Crippen LogP) is 1.09. The van der Waals surface area contributed by atoms with Crippen LogP contribution in [0.25, 0.3) is 0 Å². The number of methoxy groups -OCH3 is 1. The molecule has 1 aliphatic heterocycles. The van der Waals surface area contributed by atoms with Gasteiger partial charge in [-0.05, 0) is 19.3 Å². The molecule has 0 N–H and O–H groups in total. The molecule has 0 bridgehead atoms. The summed E-state index contributed by atoms with van der Waals surface area (Å²) in [6.45, 7) is 1.74. The summed E-state index contributed by atoms with van der Waals surface area (Å²) in [6.07, 6.45) is 2.79. The summed E-state index contributed by atoms with van der Waals surface area (Å²) in [7, 11) is 1.62. The highest BCUT2D eigenvalue weighted by Crippen LogP contribution is 2.19. The van der Waals surface area contributed by atoms with Gasteiger partial charge in [0.05, 0.1) is 6.10 Å². The summed E-state index contributed by atoms with van der Waals surface area (Å²) >= 11 is 0. The molecule has 1 unspecified atom stereocenters. The lowest BCUT2D eigenvalue weighted by molar-refractivity contribution is -0.194. The average molecular weight is 188 g/mol. The number of carbonyl (C=O) groups excluding carboxylic acids is 1. The van der Waals surface area contributed by atoms with Crippen molar-refractivity contribution in [1.29, 1.82) is 0 Å². The van der Waals surface area contributed by atoms with Gasteiger partial charge < -0.3 is 14.2 Å². The number of esters is 1. The second-order valence-electron chi connectivity index (χ2n) is 3.16. The molecule has 0 aromatic heterocycles. The highest BCUT2D eigenvalue weighted by Gasteiger charge is 2.22. The molecule has 4 heteroatoms. The van der Waals surface area contributed by atoms with Crippen LogP contribution in [-0.2, 0) is 19.0 Å². The van der Waals surface area contributed by atoms with Crippen LogP contribution < -0.4 is 0 Å². The molecular weight excluding hydrogens is 172 g/mol. The van der Waals surface area contributed by atoms with Crippen LogP contribution in [0.5, 0.6) is 0 Å². The van der Waals surface area contributed by atoms with E-state index < -0.39 is 0 Å². The fourth-order valence-corrected chi connectivity index (χ4v) is 1.37. The van der Waals surface area contributed by atoms with Crippen molar-refractivity contribution in [2.45, 2.75) is 38.6 Å². The van der Waals surface area contributed by atoms with E-state index >= 15 is 0 Å². The van der Waals surface area contributed by atoms with E-state index in [1.165, 1.54) is 6.92 Å². The van der Waals surface area contributed by atoms with Gasteiger partial charge in [0, 0.05) is 14.0 Å². The highest BCUT2D eigenvalue weighted by molar-refractivity contribution is 5.65. The lowest BCUT2D eigenvalue weighted by Crippen LogP contribution is -2.32. The molecule has 0 amide bonds. The van der Waals surface area contributed by atoms with Crippen LogP contribution in [-0.4, -0.2) is 32.1 Å². The Labute approximate surface area is 78.2 Å². The second kappa shape index (κ2) is 5.19. The molecule has 1 heterocycles. The summed E-state index contributed by atoms with van der Waals surface area (Å²) < 4.78 is 15.4. The van der Waals surface area contributed by atoms with Crippen molar-refractivity contribution in [3.63, 3.8) is 0 Å². The summed E-state index contributed by atoms with van der Waals surface area (Å²) in [5.74, 6) is -0.261. The van der Waals surface area contributed by atoms with Gasteiger partial charge in [-0.3, -0.25) is 4.79 Å². The summed E-state index contributed by atoms with van der Waals surface area (Å²) in [5.41, 5.74) is 0. The first-order valence-electron chi connectivity index (χ1n) is 4.54. The number of carbonyl (C=O) groups is 1. The Kier molecular flexibility index (Phi) is 4.18. The minimum Gasteiger partial charge on any atom is -0.463 e. The van der Waals surface area contributed by atoms with Crippen LogP contribution >= 0.6 is 0 Å². The van der Waals surface area contributed by atoms with Crippen LogP contribution in [0.3, 0.4) is 0 Å². The summed E-state index contributed by atoms with van der Waals surface area (Å²) in [4.78, 5) is 10.5. The zero-order valence-electron chi connectivity index (χ0n) is 8.12. The molecule has 0 radical (unpaired) electrons. The molecule has 1 fully saturated rings. The lowest BCUT2D eigenvalue weighted by atomic mass is 10.1. The number of ether oxygens (including phenoxy) is 3. The van der Waals surface area contributed by atoms with Gasteiger partial charge in [0.25, 0.3) is 0 Å².